The molecular formula is C13H22N4O3S. The van der Waals surface area contributed by atoms with Gasteiger partial charge in [-0.05, 0) is 32.1 Å². The number of nitrogens with zero attached hydrogens (tertiary/aromatic N) is 1. The van der Waals surface area contributed by atoms with E-state index in [9.17, 15) is 8.42 Å². The lowest BCUT2D eigenvalue weighted by Crippen LogP contribution is -2.29. The molecule has 3 rings (SSSR count). The van der Waals surface area contributed by atoms with E-state index in [1.807, 2.05) is 0 Å². The van der Waals surface area contributed by atoms with Crippen LogP contribution in [0.5, 0.6) is 0 Å². The van der Waals surface area contributed by atoms with Crippen molar-refractivity contribution in [2.24, 2.45) is 0 Å². The van der Waals surface area contributed by atoms with Gasteiger partial charge in [0.05, 0.1) is 12.3 Å². The summed E-state index contributed by atoms with van der Waals surface area (Å²) in [5.74, 6) is 0. The molecule has 8 heteroatoms. The molecule has 1 aliphatic heterocycles. The van der Waals surface area contributed by atoms with Crippen molar-refractivity contribution in [1.29, 1.82) is 0 Å². The molecule has 0 aromatic carbocycles. The van der Waals surface area contributed by atoms with E-state index >= 15 is 0 Å². The molecule has 1 aliphatic carbocycles. The van der Waals surface area contributed by atoms with E-state index in [-0.39, 0.29) is 11.1 Å². The van der Waals surface area contributed by atoms with Gasteiger partial charge in [0.15, 0.2) is 5.03 Å². The summed E-state index contributed by atoms with van der Waals surface area (Å²) in [6, 6.07) is 0.530. The number of hydrogen-bond donors (Lipinski definition) is 3. The first-order valence-electron chi connectivity index (χ1n) is 7.52. The molecule has 3 N–H and O–H groups in total. The second kappa shape index (κ2) is 6.43. The average molecular weight is 314 g/mol. The Balaban J connectivity index is 1.54. The van der Waals surface area contributed by atoms with Crippen molar-refractivity contribution in [3.63, 3.8) is 0 Å². The molecule has 0 spiro atoms. The van der Waals surface area contributed by atoms with E-state index in [0.717, 1.165) is 19.4 Å². The van der Waals surface area contributed by atoms with Gasteiger partial charge in [0, 0.05) is 31.3 Å². The largest absolute Gasteiger partial charge is 0.378 e. The lowest BCUT2D eigenvalue weighted by atomic mass is 10.2. The van der Waals surface area contributed by atoms with E-state index in [4.69, 9.17) is 4.74 Å². The minimum absolute atomic E-state index is 0.169. The summed E-state index contributed by atoms with van der Waals surface area (Å²) in [5, 5.41) is 9.93. The maximum Gasteiger partial charge on any atom is 0.257 e. The molecule has 0 bridgehead atoms. The maximum atomic E-state index is 12.3. The number of rotatable bonds is 8. The van der Waals surface area contributed by atoms with Crippen molar-refractivity contribution in [3.8, 4) is 0 Å². The van der Waals surface area contributed by atoms with Crippen LogP contribution in [0.4, 0.5) is 0 Å². The van der Waals surface area contributed by atoms with Crippen molar-refractivity contribution in [2.75, 3.05) is 13.2 Å². The molecular weight excluding hydrogens is 292 g/mol. The van der Waals surface area contributed by atoms with Crippen LogP contribution < -0.4 is 10.0 Å². The molecule has 7 nitrogen and oxygen atoms in total. The molecule has 0 amide bonds. The quantitative estimate of drug-likeness (QED) is 0.650. The molecule has 118 valence electrons. The third-order valence-corrected chi connectivity index (χ3v) is 5.36. The number of nitrogens with one attached hydrogen (secondary N) is 3. The predicted octanol–water partition coefficient (Wildman–Crippen LogP) is 0.509. The van der Waals surface area contributed by atoms with Crippen molar-refractivity contribution in [1.82, 2.24) is 20.2 Å². The predicted molar refractivity (Wildman–Crippen MR) is 77.2 cm³/mol. The van der Waals surface area contributed by atoms with Gasteiger partial charge in [0.2, 0.25) is 0 Å². The zero-order chi connectivity index (χ0) is 14.7. The van der Waals surface area contributed by atoms with Gasteiger partial charge in [-0.3, -0.25) is 5.10 Å². The summed E-state index contributed by atoms with van der Waals surface area (Å²) in [6.45, 7) is 1.71. The van der Waals surface area contributed by atoms with Gasteiger partial charge < -0.3 is 10.1 Å². The lowest BCUT2D eigenvalue weighted by molar-refractivity contribution is 0.105. The minimum Gasteiger partial charge on any atom is -0.378 e. The van der Waals surface area contributed by atoms with Gasteiger partial charge >= 0.3 is 0 Å². The van der Waals surface area contributed by atoms with E-state index < -0.39 is 10.0 Å². The highest BCUT2D eigenvalue weighted by Crippen LogP contribution is 2.20. The van der Waals surface area contributed by atoms with Crippen molar-refractivity contribution >= 4 is 10.0 Å². The molecule has 1 saturated heterocycles. The standard InChI is InChI=1S/C13H22N4O3S/c18-21(19,16-6-5-12-2-1-7-20-12)13-10(9-15-17-13)8-14-11-3-4-11/h9,11-12,14,16H,1-8H2,(H,15,17). The SMILES string of the molecule is O=S(=O)(NCCC1CCCO1)c1[nH]ncc1CNC1CC1. The molecule has 21 heavy (non-hydrogen) atoms. The Morgan fingerprint density at radius 2 is 2.24 bits per heavy atom. The van der Waals surface area contributed by atoms with E-state index in [1.54, 1.807) is 6.20 Å². The maximum absolute atomic E-state index is 12.3. The third kappa shape index (κ3) is 4.03. The van der Waals surface area contributed by atoms with Crippen molar-refractivity contribution in [2.45, 2.75) is 55.8 Å². The summed E-state index contributed by atoms with van der Waals surface area (Å²) in [5.41, 5.74) is 0.687. The monoisotopic (exact) mass is 314 g/mol. The molecule has 1 aromatic rings. The van der Waals surface area contributed by atoms with Gasteiger partial charge in [0.25, 0.3) is 10.0 Å². The Hall–Kier alpha value is -0.960. The second-order valence-electron chi connectivity index (χ2n) is 5.70. The molecule has 2 aliphatic rings. The van der Waals surface area contributed by atoms with Crippen molar-refractivity contribution < 1.29 is 13.2 Å². The number of aromatic nitrogens is 2. The summed E-state index contributed by atoms with van der Waals surface area (Å²) in [4.78, 5) is 0. The van der Waals surface area contributed by atoms with E-state index in [2.05, 4.69) is 20.2 Å². The fourth-order valence-corrected chi connectivity index (χ4v) is 3.67. The molecule has 1 atom stereocenters. The highest BCUT2D eigenvalue weighted by atomic mass is 32.2. The molecule has 1 aromatic heterocycles. The van der Waals surface area contributed by atoms with Crippen LogP contribution in [0.25, 0.3) is 0 Å². The lowest BCUT2D eigenvalue weighted by Gasteiger charge is -2.11. The van der Waals surface area contributed by atoms with Crippen molar-refractivity contribution in [3.05, 3.63) is 11.8 Å². The van der Waals surface area contributed by atoms with Gasteiger partial charge in [-0.1, -0.05) is 0 Å². The molecule has 0 radical (unpaired) electrons. The average Bonchev–Trinajstić information content (AvgIpc) is 2.93. The van der Waals surface area contributed by atoms with Crippen LogP contribution in [0, 0.1) is 0 Å². The molecule has 1 saturated carbocycles. The zero-order valence-electron chi connectivity index (χ0n) is 12.0. The first kappa shape index (κ1) is 15.0. The summed E-state index contributed by atoms with van der Waals surface area (Å²) >= 11 is 0. The van der Waals surface area contributed by atoms with Gasteiger partial charge in [0.1, 0.15) is 0 Å². The van der Waals surface area contributed by atoms with Gasteiger partial charge in [-0.25, -0.2) is 13.1 Å². The Bertz CT molecular complexity index is 562. The van der Waals surface area contributed by atoms with Crippen LogP contribution in [0.3, 0.4) is 0 Å². The number of H-pyrrole nitrogens is 1. The van der Waals surface area contributed by atoms with Crippen LogP contribution in [0.2, 0.25) is 0 Å². The van der Waals surface area contributed by atoms with Crippen LogP contribution >= 0.6 is 0 Å². The highest BCUT2D eigenvalue weighted by Gasteiger charge is 2.24. The third-order valence-electron chi connectivity index (χ3n) is 3.89. The fourth-order valence-electron chi connectivity index (χ4n) is 2.50. The highest BCUT2D eigenvalue weighted by molar-refractivity contribution is 7.89. The summed E-state index contributed by atoms with van der Waals surface area (Å²) in [7, 11) is -3.53. The first-order chi connectivity index (χ1) is 10.1. The Labute approximate surface area is 124 Å². The molecule has 1 unspecified atom stereocenters. The molecule has 2 heterocycles. The number of hydrogen-bond acceptors (Lipinski definition) is 5. The van der Waals surface area contributed by atoms with Crippen LogP contribution in [-0.4, -0.2) is 43.9 Å². The van der Waals surface area contributed by atoms with Gasteiger partial charge in [-0.2, -0.15) is 5.10 Å². The number of aromatic amines is 1. The van der Waals surface area contributed by atoms with Crippen LogP contribution in [0.1, 0.15) is 37.7 Å². The topological polar surface area (TPSA) is 96.1 Å². The summed E-state index contributed by atoms with van der Waals surface area (Å²) < 4.78 is 32.7. The number of ether oxygens (including phenoxy) is 1. The van der Waals surface area contributed by atoms with Crippen LogP contribution in [0.15, 0.2) is 11.2 Å². The van der Waals surface area contributed by atoms with Crippen LogP contribution in [-0.2, 0) is 21.3 Å². The zero-order valence-corrected chi connectivity index (χ0v) is 12.8. The Morgan fingerprint density at radius 1 is 1.38 bits per heavy atom. The van der Waals surface area contributed by atoms with E-state index in [0.29, 0.717) is 31.1 Å². The number of sulfonamides is 1. The fraction of sp³-hybridized carbons (Fsp3) is 0.769. The second-order valence-corrected chi connectivity index (χ2v) is 7.40. The normalized spacial score (nSPS) is 22.8. The molecule has 2 fully saturated rings. The van der Waals surface area contributed by atoms with E-state index in [1.165, 1.54) is 12.8 Å². The summed E-state index contributed by atoms with van der Waals surface area (Å²) in [6.07, 6.45) is 6.88. The Morgan fingerprint density at radius 3 is 2.95 bits per heavy atom. The Kier molecular flexibility index (Phi) is 4.58. The minimum atomic E-state index is -3.53. The smallest absolute Gasteiger partial charge is 0.257 e. The van der Waals surface area contributed by atoms with Gasteiger partial charge in [-0.15, -0.1) is 0 Å². The first-order valence-corrected chi connectivity index (χ1v) is 9.00.